The number of hydrogen-bond donors (Lipinski definition) is 2. The highest BCUT2D eigenvalue weighted by molar-refractivity contribution is 5.98. The molecule has 1 aliphatic rings. The number of aryl methyl sites for hydroxylation is 2. The van der Waals surface area contributed by atoms with Crippen LogP contribution < -0.4 is 11.1 Å². The van der Waals surface area contributed by atoms with E-state index in [1.807, 2.05) is 6.07 Å². The summed E-state index contributed by atoms with van der Waals surface area (Å²) in [5.41, 5.74) is 13.6. The van der Waals surface area contributed by atoms with Gasteiger partial charge in [0, 0.05) is 5.69 Å². The molecule has 0 aliphatic heterocycles. The number of rotatable bonds is 5. The Labute approximate surface area is 183 Å². The lowest BCUT2D eigenvalue weighted by Gasteiger charge is -2.14. The summed E-state index contributed by atoms with van der Waals surface area (Å²) in [6.45, 7) is 2.26. The van der Waals surface area contributed by atoms with Crippen LogP contribution in [-0.2, 0) is 19.3 Å². The molecular formula is C28H27N3. The Morgan fingerprint density at radius 1 is 0.935 bits per heavy atom. The summed E-state index contributed by atoms with van der Waals surface area (Å²) in [5.74, 6) is 0.842. The van der Waals surface area contributed by atoms with Crippen LogP contribution in [0.5, 0.6) is 0 Å². The van der Waals surface area contributed by atoms with E-state index in [-0.39, 0.29) is 0 Å². The van der Waals surface area contributed by atoms with Gasteiger partial charge in [-0.1, -0.05) is 73.7 Å². The van der Waals surface area contributed by atoms with E-state index in [1.165, 1.54) is 33.0 Å². The monoisotopic (exact) mass is 405 g/mol. The summed E-state index contributed by atoms with van der Waals surface area (Å²) in [6, 6.07) is 29.8. The van der Waals surface area contributed by atoms with Crippen LogP contribution in [-0.4, -0.2) is 5.96 Å². The fourth-order valence-electron chi connectivity index (χ4n) is 4.66. The molecular weight excluding hydrogens is 378 g/mol. The molecule has 4 aromatic carbocycles. The molecule has 5 rings (SSSR count). The molecule has 3 nitrogen and oxygen atoms in total. The van der Waals surface area contributed by atoms with Gasteiger partial charge in [0.05, 0.1) is 5.69 Å². The summed E-state index contributed by atoms with van der Waals surface area (Å²) in [6.07, 6.45) is 3.11. The molecule has 0 amide bonds. The van der Waals surface area contributed by atoms with Crippen molar-refractivity contribution < 1.29 is 0 Å². The largest absolute Gasteiger partial charge is 0.369 e. The van der Waals surface area contributed by atoms with Crippen LogP contribution in [0.25, 0.3) is 10.8 Å². The zero-order chi connectivity index (χ0) is 21.2. The molecule has 0 saturated heterocycles. The molecule has 31 heavy (non-hydrogen) atoms. The molecule has 0 fully saturated rings. The van der Waals surface area contributed by atoms with Crippen LogP contribution in [0.3, 0.4) is 0 Å². The second kappa shape index (κ2) is 8.27. The number of anilines is 1. The van der Waals surface area contributed by atoms with Crippen LogP contribution in [0.2, 0.25) is 0 Å². The Bertz CT molecular complexity index is 1260. The first-order valence-corrected chi connectivity index (χ1v) is 11.0. The minimum absolute atomic E-state index is 0.418. The molecule has 0 saturated carbocycles. The van der Waals surface area contributed by atoms with Crippen molar-refractivity contribution in [2.24, 2.45) is 10.7 Å². The van der Waals surface area contributed by atoms with Crippen molar-refractivity contribution in [3.8, 4) is 0 Å². The number of nitrogens with zero attached hydrogens (tertiary/aromatic N) is 1. The second-order valence-corrected chi connectivity index (χ2v) is 8.42. The smallest absolute Gasteiger partial charge is 0.198 e. The normalized spacial score (nSPS) is 14.0. The van der Waals surface area contributed by atoms with Crippen molar-refractivity contribution in [1.82, 2.24) is 0 Å². The van der Waals surface area contributed by atoms with E-state index in [0.29, 0.717) is 11.9 Å². The summed E-state index contributed by atoms with van der Waals surface area (Å²) in [4.78, 5) is 4.73. The standard InChI is InChI=1S/C28H27N3/c1-19(17-20-7-3-2-4-8-20)23-11-6-12-24(18-23)30-28(29)31-26-16-14-22-10-5-9-21-13-15-25(26)27(21)22/h2-12,14,16,18-19H,13,15,17H2,1H3,(H3,29,30,31). The lowest BCUT2D eigenvalue weighted by Crippen LogP contribution is -2.22. The topological polar surface area (TPSA) is 50.4 Å². The highest BCUT2D eigenvalue weighted by atomic mass is 15.1. The minimum atomic E-state index is 0.418. The predicted molar refractivity (Wildman–Crippen MR) is 131 cm³/mol. The van der Waals surface area contributed by atoms with Gasteiger partial charge < -0.3 is 11.1 Å². The van der Waals surface area contributed by atoms with Crippen molar-refractivity contribution in [2.45, 2.75) is 32.1 Å². The van der Waals surface area contributed by atoms with E-state index in [0.717, 1.165) is 30.6 Å². The van der Waals surface area contributed by atoms with Gasteiger partial charge in [-0.2, -0.15) is 0 Å². The number of hydrogen-bond acceptors (Lipinski definition) is 1. The molecule has 0 radical (unpaired) electrons. The lowest BCUT2D eigenvalue weighted by atomic mass is 9.93. The van der Waals surface area contributed by atoms with E-state index in [9.17, 15) is 0 Å². The molecule has 1 aliphatic carbocycles. The fraction of sp³-hybridized carbons (Fsp3) is 0.179. The number of nitrogens with two attached hydrogens (primary N) is 1. The lowest BCUT2D eigenvalue weighted by molar-refractivity contribution is 0.759. The second-order valence-electron chi connectivity index (χ2n) is 8.42. The van der Waals surface area contributed by atoms with Gasteiger partial charge in [-0.25, -0.2) is 4.99 Å². The first-order valence-electron chi connectivity index (χ1n) is 11.0. The highest BCUT2D eigenvalue weighted by Crippen LogP contribution is 2.37. The van der Waals surface area contributed by atoms with Crippen LogP contribution >= 0.6 is 0 Å². The SMILES string of the molecule is CC(Cc1ccccc1)c1cccc(NC(N)=Nc2ccc3cccc4c3c2CC4)c1. The van der Waals surface area contributed by atoms with Crippen molar-refractivity contribution in [1.29, 1.82) is 0 Å². The third kappa shape index (κ3) is 4.04. The Morgan fingerprint density at radius 3 is 2.65 bits per heavy atom. The minimum Gasteiger partial charge on any atom is -0.369 e. The zero-order valence-corrected chi connectivity index (χ0v) is 17.8. The van der Waals surface area contributed by atoms with Crippen molar-refractivity contribution in [2.75, 3.05) is 5.32 Å². The van der Waals surface area contributed by atoms with Gasteiger partial charge in [0.2, 0.25) is 0 Å². The molecule has 0 heterocycles. The van der Waals surface area contributed by atoms with Gasteiger partial charge in [-0.3, -0.25) is 0 Å². The predicted octanol–water partition coefficient (Wildman–Crippen LogP) is 6.34. The average molecular weight is 406 g/mol. The fourth-order valence-corrected chi connectivity index (χ4v) is 4.66. The van der Waals surface area contributed by atoms with Crippen molar-refractivity contribution >= 4 is 28.1 Å². The number of aliphatic imine (C=N–C) groups is 1. The molecule has 4 aromatic rings. The maximum absolute atomic E-state index is 6.31. The Balaban J connectivity index is 1.36. The van der Waals surface area contributed by atoms with Gasteiger partial charge in [-0.15, -0.1) is 0 Å². The number of guanidine groups is 1. The molecule has 0 aromatic heterocycles. The van der Waals surface area contributed by atoms with Crippen LogP contribution in [0.1, 0.15) is 35.1 Å². The molecule has 3 heteroatoms. The summed E-state index contributed by atoms with van der Waals surface area (Å²) in [7, 11) is 0. The quantitative estimate of drug-likeness (QED) is 0.300. The molecule has 0 spiro atoms. The number of nitrogens with one attached hydrogen (secondary N) is 1. The van der Waals surface area contributed by atoms with Crippen LogP contribution in [0, 0.1) is 0 Å². The Morgan fingerprint density at radius 2 is 1.77 bits per heavy atom. The number of benzene rings is 4. The van der Waals surface area contributed by atoms with E-state index >= 15 is 0 Å². The van der Waals surface area contributed by atoms with Gasteiger partial charge in [0.25, 0.3) is 0 Å². The average Bonchev–Trinajstić information content (AvgIpc) is 3.22. The molecule has 1 unspecified atom stereocenters. The molecule has 0 bridgehead atoms. The van der Waals surface area contributed by atoms with Gasteiger partial charge in [0.15, 0.2) is 5.96 Å². The first kappa shape index (κ1) is 19.4. The highest BCUT2D eigenvalue weighted by Gasteiger charge is 2.17. The third-order valence-electron chi connectivity index (χ3n) is 6.21. The van der Waals surface area contributed by atoms with E-state index in [4.69, 9.17) is 10.7 Å². The third-order valence-corrected chi connectivity index (χ3v) is 6.21. The summed E-state index contributed by atoms with van der Waals surface area (Å²) >= 11 is 0. The maximum Gasteiger partial charge on any atom is 0.198 e. The van der Waals surface area contributed by atoms with E-state index in [1.54, 1.807) is 0 Å². The maximum atomic E-state index is 6.31. The zero-order valence-electron chi connectivity index (χ0n) is 17.8. The van der Waals surface area contributed by atoms with Crippen LogP contribution in [0.4, 0.5) is 11.4 Å². The van der Waals surface area contributed by atoms with Gasteiger partial charge in [-0.05, 0) is 76.4 Å². The van der Waals surface area contributed by atoms with Crippen molar-refractivity contribution in [3.05, 3.63) is 107 Å². The first-order chi connectivity index (χ1) is 15.2. The van der Waals surface area contributed by atoms with Crippen LogP contribution in [0.15, 0.2) is 89.9 Å². The molecule has 154 valence electrons. The Hall–Kier alpha value is -3.59. The Kier molecular flexibility index (Phi) is 5.17. The van der Waals surface area contributed by atoms with Gasteiger partial charge >= 0.3 is 0 Å². The molecule has 3 N–H and O–H groups in total. The van der Waals surface area contributed by atoms with Gasteiger partial charge in [0.1, 0.15) is 0 Å². The summed E-state index contributed by atoms with van der Waals surface area (Å²) in [5, 5.41) is 5.94. The summed E-state index contributed by atoms with van der Waals surface area (Å²) < 4.78 is 0. The molecule has 1 atom stereocenters. The van der Waals surface area contributed by atoms with E-state index < -0.39 is 0 Å². The van der Waals surface area contributed by atoms with Crippen molar-refractivity contribution in [3.63, 3.8) is 0 Å². The van der Waals surface area contributed by atoms with E-state index in [2.05, 4.69) is 91.1 Å².